The van der Waals surface area contributed by atoms with E-state index in [9.17, 15) is 13.2 Å². The van der Waals surface area contributed by atoms with Crippen LogP contribution in [0.5, 0.6) is 0 Å². The zero-order valence-corrected chi connectivity index (χ0v) is 14.3. The van der Waals surface area contributed by atoms with Crippen molar-refractivity contribution in [1.29, 1.82) is 0 Å². The molecule has 0 radical (unpaired) electrons. The summed E-state index contributed by atoms with van der Waals surface area (Å²) in [6.07, 6.45) is 1.93. The molecular weight excluding hydrogens is 340 g/mol. The zero-order chi connectivity index (χ0) is 16.4. The van der Waals surface area contributed by atoms with Crippen LogP contribution >= 0.6 is 11.6 Å². The standard InChI is InChI=1S/C15H19ClN2O4S/c16-14-4-3-12(23(20,21)18-7-9-22-10-8-18)11-13(14)15(19)17-5-1-2-6-17/h3-4,11H,1-2,5-10H2. The van der Waals surface area contributed by atoms with Gasteiger partial charge in [-0.2, -0.15) is 4.31 Å². The molecule has 2 fully saturated rings. The second-order valence-corrected chi connectivity index (χ2v) is 8.00. The fourth-order valence-corrected chi connectivity index (χ4v) is 4.49. The molecule has 126 valence electrons. The number of morpholine rings is 1. The van der Waals surface area contributed by atoms with E-state index in [-0.39, 0.29) is 21.4 Å². The van der Waals surface area contributed by atoms with E-state index in [4.69, 9.17) is 16.3 Å². The fraction of sp³-hybridized carbons (Fsp3) is 0.533. The number of rotatable bonds is 3. The van der Waals surface area contributed by atoms with Crippen molar-refractivity contribution in [3.63, 3.8) is 0 Å². The first-order valence-electron chi connectivity index (χ1n) is 7.67. The minimum Gasteiger partial charge on any atom is -0.379 e. The number of hydrogen-bond acceptors (Lipinski definition) is 4. The van der Waals surface area contributed by atoms with E-state index in [1.54, 1.807) is 4.90 Å². The Morgan fingerprint density at radius 2 is 1.74 bits per heavy atom. The lowest BCUT2D eigenvalue weighted by atomic mass is 10.2. The fourth-order valence-electron chi connectivity index (χ4n) is 2.86. The van der Waals surface area contributed by atoms with Gasteiger partial charge in [0.2, 0.25) is 10.0 Å². The molecule has 2 aliphatic heterocycles. The highest BCUT2D eigenvalue weighted by molar-refractivity contribution is 7.89. The molecule has 0 aliphatic carbocycles. The average molecular weight is 359 g/mol. The van der Waals surface area contributed by atoms with Crippen LogP contribution in [0.4, 0.5) is 0 Å². The van der Waals surface area contributed by atoms with Crippen molar-refractivity contribution in [2.75, 3.05) is 39.4 Å². The molecule has 0 N–H and O–H groups in total. The predicted octanol–water partition coefficient (Wildman–Crippen LogP) is 1.60. The molecule has 2 saturated heterocycles. The Labute approximate surface area is 141 Å². The quantitative estimate of drug-likeness (QED) is 0.823. The largest absolute Gasteiger partial charge is 0.379 e. The molecular formula is C15H19ClN2O4S. The summed E-state index contributed by atoms with van der Waals surface area (Å²) in [6.45, 7) is 2.78. The SMILES string of the molecule is O=C(c1cc(S(=O)(=O)N2CCOCC2)ccc1Cl)N1CCCC1. The van der Waals surface area contributed by atoms with Gasteiger partial charge in [0.1, 0.15) is 0 Å². The van der Waals surface area contributed by atoms with E-state index in [0.29, 0.717) is 39.4 Å². The minimum atomic E-state index is -3.63. The number of ether oxygens (including phenoxy) is 1. The molecule has 1 aromatic carbocycles. The van der Waals surface area contributed by atoms with Crippen molar-refractivity contribution in [3.8, 4) is 0 Å². The summed E-state index contributed by atoms with van der Waals surface area (Å²) in [5.74, 6) is -0.202. The molecule has 0 saturated carbocycles. The minimum absolute atomic E-state index is 0.103. The van der Waals surface area contributed by atoms with E-state index >= 15 is 0 Å². The number of hydrogen-bond donors (Lipinski definition) is 0. The molecule has 0 spiro atoms. The maximum absolute atomic E-state index is 12.7. The van der Waals surface area contributed by atoms with E-state index in [2.05, 4.69) is 0 Å². The third kappa shape index (κ3) is 3.38. The highest BCUT2D eigenvalue weighted by Crippen LogP contribution is 2.25. The molecule has 0 aromatic heterocycles. The zero-order valence-electron chi connectivity index (χ0n) is 12.7. The summed E-state index contributed by atoms with van der Waals surface area (Å²) < 4.78 is 32.0. The Balaban J connectivity index is 1.91. The number of likely N-dealkylation sites (tertiary alicyclic amines) is 1. The van der Waals surface area contributed by atoms with Gasteiger partial charge in [-0.1, -0.05) is 11.6 Å². The summed E-state index contributed by atoms with van der Waals surface area (Å²) in [5.41, 5.74) is 0.253. The van der Waals surface area contributed by atoms with Crippen LogP contribution < -0.4 is 0 Å². The third-order valence-corrected chi connectivity index (χ3v) is 6.39. The molecule has 0 unspecified atom stereocenters. The lowest BCUT2D eigenvalue weighted by molar-refractivity contribution is 0.0730. The number of carbonyl (C=O) groups excluding carboxylic acids is 1. The lowest BCUT2D eigenvalue weighted by Crippen LogP contribution is -2.40. The van der Waals surface area contributed by atoms with Crippen molar-refractivity contribution in [2.45, 2.75) is 17.7 Å². The highest BCUT2D eigenvalue weighted by atomic mass is 35.5. The van der Waals surface area contributed by atoms with Gasteiger partial charge in [-0.15, -0.1) is 0 Å². The van der Waals surface area contributed by atoms with Gasteiger partial charge in [0.25, 0.3) is 5.91 Å². The smallest absolute Gasteiger partial charge is 0.255 e. The molecule has 8 heteroatoms. The number of sulfonamides is 1. The van der Waals surface area contributed by atoms with Crippen LogP contribution in [0.25, 0.3) is 0 Å². The van der Waals surface area contributed by atoms with Gasteiger partial charge in [0.15, 0.2) is 0 Å². The van der Waals surface area contributed by atoms with Gasteiger partial charge < -0.3 is 9.64 Å². The molecule has 2 heterocycles. The normalized spacial score (nSPS) is 20.0. The molecule has 1 amide bonds. The molecule has 3 rings (SSSR count). The van der Waals surface area contributed by atoms with Crippen LogP contribution in [0.3, 0.4) is 0 Å². The van der Waals surface area contributed by atoms with Gasteiger partial charge in [0, 0.05) is 26.2 Å². The number of carbonyl (C=O) groups is 1. The molecule has 2 aliphatic rings. The Kier molecular flexibility index (Phi) is 4.91. The molecule has 6 nitrogen and oxygen atoms in total. The van der Waals surface area contributed by atoms with Gasteiger partial charge >= 0.3 is 0 Å². The Morgan fingerprint density at radius 3 is 2.39 bits per heavy atom. The summed E-state index contributed by atoms with van der Waals surface area (Å²) in [4.78, 5) is 14.4. The second-order valence-electron chi connectivity index (χ2n) is 5.66. The highest BCUT2D eigenvalue weighted by Gasteiger charge is 2.29. The van der Waals surface area contributed by atoms with Gasteiger partial charge in [-0.05, 0) is 31.0 Å². The lowest BCUT2D eigenvalue weighted by Gasteiger charge is -2.26. The second kappa shape index (κ2) is 6.76. The van der Waals surface area contributed by atoms with Crippen molar-refractivity contribution in [2.24, 2.45) is 0 Å². The van der Waals surface area contributed by atoms with E-state index in [1.165, 1.54) is 22.5 Å². The van der Waals surface area contributed by atoms with E-state index in [1.807, 2.05) is 0 Å². The van der Waals surface area contributed by atoms with Crippen LogP contribution in [0.2, 0.25) is 5.02 Å². The number of halogens is 1. The Morgan fingerprint density at radius 1 is 1.09 bits per heavy atom. The van der Waals surface area contributed by atoms with Crippen LogP contribution in [-0.2, 0) is 14.8 Å². The summed E-state index contributed by atoms with van der Waals surface area (Å²) in [7, 11) is -3.63. The summed E-state index contributed by atoms with van der Waals surface area (Å²) >= 11 is 6.13. The number of benzene rings is 1. The van der Waals surface area contributed by atoms with Crippen LogP contribution in [-0.4, -0.2) is 62.9 Å². The first-order valence-corrected chi connectivity index (χ1v) is 9.49. The Hall–Kier alpha value is -1.15. The maximum atomic E-state index is 12.7. The monoisotopic (exact) mass is 358 g/mol. The van der Waals surface area contributed by atoms with Crippen molar-refractivity contribution in [1.82, 2.24) is 9.21 Å². The first kappa shape index (κ1) is 16.7. The molecule has 23 heavy (non-hydrogen) atoms. The van der Waals surface area contributed by atoms with Gasteiger partial charge in [-0.25, -0.2) is 8.42 Å². The van der Waals surface area contributed by atoms with E-state index < -0.39 is 10.0 Å². The first-order chi connectivity index (χ1) is 11.0. The Bertz CT molecular complexity index is 695. The molecule has 0 bridgehead atoms. The van der Waals surface area contributed by atoms with Crippen LogP contribution in [0.1, 0.15) is 23.2 Å². The average Bonchev–Trinajstić information content (AvgIpc) is 3.10. The maximum Gasteiger partial charge on any atom is 0.255 e. The van der Waals surface area contributed by atoms with Crippen molar-refractivity contribution < 1.29 is 17.9 Å². The van der Waals surface area contributed by atoms with Crippen LogP contribution in [0.15, 0.2) is 23.1 Å². The number of amides is 1. The predicted molar refractivity (Wildman–Crippen MR) is 86.2 cm³/mol. The molecule has 1 aromatic rings. The van der Waals surface area contributed by atoms with Crippen LogP contribution in [0, 0.1) is 0 Å². The van der Waals surface area contributed by atoms with Gasteiger partial charge in [-0.3, -0.25) is 4.79 Å². The summed E-state index contributed by atoms with van der Waals surface area (Å²) in [6, 6.07) is 4.33. The van der Waals surface area contributed by atoms with Crippen molar-refractivity contribution >= 4 is 27.5 Å². The third-order valence-electron chi connectivity index (χ3n) is 4.17. The van der Waals surface area contributed by atoms with Crippen molar-refractivity contribution in [3.05, 3.63) is 28.8 Å². The van der Waals surface area contributed by atoms with E-state index in [0.717, 1.165) is 12.8 Å². The van der Waals surface area contributed by atoms with Gasteiger partial charge in [0.05, 0.1) is 28.7 Å². The molecule has 0 atom stereocenters. The number of nitrogens with zero attached hydrogens (tertiary/aromatic N) is 2. The topological polar surface area (TPSA) is 66.9 Å². The summed E-state index contributed by atoms with van der Waals surface area (Å²) in [5, 5.41) is 0.280.